The van der Waals surface area contributed by atoms with Crippen molar-refractivity contribution in [3.05, 3.63) is 12.1 Å². The van der Waals surface area contributed by atoms with E-state index in [-0.39, 0.29) is 36.1 Å². The molecule has 1 aromatic carbocycles. The van der Waals surface area contributed by atoms with Crippen LogP contribution in [0, 0.1) is 0 Å². The first kappa shape index (κ1) is 16.3. The van der Waals surface area contributed by atoms with E-state index in [2.05, 4.69) is 0 Å². The number of aliphatic hydroxyl groups excluding tert-OH is 4. The third-order valence-corrected chi connectivity index (χ3v) is 2.43. The number of hydrogen-bond donors (Lipinski definition) is 6. The molecule has 0 heterocycles. The quantitative estimate of drug-likeness (QED) is 0.310. The van der Waals surface area contributed by atoms with Crippen LogP contribution in [-0.2, 0) is 0 Å². The van der Waals surface area contributed by atoms with Crippen LogP contribution in [-0.4, -0.2) is 59.1 Å². The molecule has 0 aromatic heterocycles. The summed E-state index contributed by atoms with van der Waals surface area (Å²) in [6, 6.07) is 2.83. The summed E-state index contributed by atoms with van der Waals surface area (Å²) in [6.07, 6.45) is -2.07. The Kier molecular flexibility index (Phi) is 6.32. The van der Waals surface area contributed by atoms with Gasteiger partial charge in [0.25, 0.3) is 0 Å². The molecule has 8 N–H and O–H groups in total. The SMILES string of the molecule is Nc1cc(OCC(O)CO)c(OCC(O)CO)cc1N. The fourth-order valence-corrected chi connectivity index (χ4v) is 1.29. The minimum atomic E-state index is -1.04. The van der Waals surface area contributed by atoms with Crippen LogP contribution in [0.2, 0.25) is 0 Å². The molecule has 2 atom stereocenters. The van der Waals surface area contributed by atoms with Gasteiger partial charge in [-0.3, -0.25) is 0 Å². The van der Waals surface area contributed by atoms with E-state index in [4.69, 9.17) is 31.2 Å². The lowest BCUT2D eigenvalue weighted by Crippen LogP contribution is -2.23. The molecule has 0 aliphatic heterocycles. The van der Waals surface area contributed by atoms with Crippen LogP contribution in [0.15, 0.2) is 12.1 Å². The summed E-state index contributed by atoms with van der Waals surface area (Å²) < 4.78 is 10.6. The monoisotopic (exact) mass is 288 g/mol. The maximum atomic E-state index is 9.25. The van der Waals surface area contributed by atoms with Crippen molar-refractivity contribution in [2.24, 2.45) is 0 Å². The van der Waals surface area contributed by atoms with Crippen molar-refractivity contribution >= 4 is 11.4 Å². The molecule has 0 spiro atoms. The molecule has 0 aliphatic carbocycles. The van der Waals surface area contributed by atoms with E-state index in [9.17, 15) is 10.2 Å². The first-order chi connectivity index (χ1) is 9.47. The van der Waals surface area contributed by atoms with Crippen LogP contribution in [0.5, 0.6) is 11.5 Å². The standard InChI is InChI=1S/C12H20N2O6/c13-9-1-11(19-5-7(17)3-15)12(2-10(9)14)20-6-8(18)4-16/h1-2,7-8,15-18H,3-6,13-14H2. The summed E-state index contributed by atoms with van der Waals surface area (Å²) in [7, 11) is 0. The van der Waals surface area contributed by atoms with Gasteiger partial charge in [0.15, 0.2) is 11.5 Å². The molecule has 2 unspecified atom stereocenters. The number of rotatable bonds is 8. The number of nitrogens with two attached hydrogens (primary N) is 2. The third-order valence-electron chi connectivity index (χ3n) is 2.43. The number of ether oxygens (including phenoxy) is 2. The summed E-state index contributed by atoms with van der Waals surface area (Å²) >= 11 is 0. The van der Waals surface area contributed by atoms with Gasteiger partial charge in [0, 0.05) is 12.1 Å². The second-order valence-electron chi connectivity index (χ2n) is 4.22. The molecule has 0 bridgehead atoms. The molecule has 8 heteroatoms. The molecule has 0 radical (unpaired) electrons. The fraction of sp³-hybridized carbons (Fsp3) is 0.500. The number of hydrogen-bond acceptors (Lipinski definition) is 8. The van der Waals surface area contributed by atoms with E-state index in [0.717, 1.165) is 0 Å². The summed E-state index contributed by atoms with van der Waals surface area (Å²) in [5.41, 5.74) is 11.8. The third kappa shape index (κ3) is 4.74. The topological polar surface area (TPSA) is 151 Å². The van der Waals surface area contributed by atoms with Crippen LogP contribution in [0.4, 0.5) is 11.4 Å². The summed E-state index contributed by atoms with van der Waals surface area (Å²) in [5.74, 6) is 0.434. The van der Waals surface area contributed by atoms with E-state index in [1.54, 1.807) is 0 Å². The lowest BCUT2D eigenvalue weighted by molar-refractivity contribution is 0.0448. The molecule has 0 aliphatic rings. The molecule has 1 aromatic rings. The van der Waals surface area contributed by atoms with Gasteiger partial charge in [0.05, 0.1) is 24.6 Å². The molecule has 20 heavy (non-hydrogen) atoms. The second kappa shape index (κ2) is 7.75. The van der Waals surface area contributed by atoms with Crippen molar-refractivity contribution in [2.45, 2.75) is 12.2 Å². The highest BCUT2D eigenvalue weighted by Gasteiger charge is 2.13. The van der Waals surface area contributed by atoms with Crippen LogP contribution in [0.3, 0.4) is 0 Å². The average Bonchev–Trinajstić information content (AvgIpc) is 2.45. The number of anilines is 2. The predicted octanol–water partition coefficient (Wildman–Crippen LogP) is -1.68. The smallest absolute Gasteiger partial charge is 0.163 e. The van der Waals surface area contributed by atoms with Crippen molar-refractivity contribution in [1.82, 2.24) is 0 Å². The minimum Gasteiger partial charge on any atom is -0.487 e. The second-order valence-corrected chi connectivity index (χ2v) is 4.22. The Labute approximate surface area is 116 Å². The zero-order valence-corrected chi connectivity index (χ0v) is 10.9. The molecule has 8 nitrogen and oxygen atoms in total. The lowest BCUT2D eigenvalue weighted by Gasteiger charge is -2.17. The van der Waals surface area contributed by atoms with Crippen LogP contribution >= 0.6 is 0 Å². The molecule has 1 rings (SSSR count). The molecular weight excluding hydrogens is 268 g/mol. The van der Waals surface area contributed by atoms with Gasteiger partial charge in [-0.05, 0) is 0 Å². The van der Waals surface area contributed by atoms with Crippen molar-refractivity contribution in [2.75, 3.05) is 37.9 Å². The van der Waals surface area contributed by atoms with Crippen molar-refractivity contribution in [3.8, 4) is 11.5 Å². The number of benzene rings is 1. The maximum absolute atomic E-state index is 9.25. The van der Waals surface area contributed by atoms with Crippen LogP contribution < -0.4 is 20.9 Å². The molecule has 0 amide bonds. The summed E-state index contributed by atoms with van der Waals surface area (Å²) in [6.45, 7) is -1.19. The summed E-state index contributed by atoms with van der Waals surface area (Å²) in [5, 5.41) is 35.9. The maximum Gasteiger partial charge on any atom is 0.163 e. The molecule has 0 fully saturated rings. The van der Waals surface area contributed by atoms with Crippen molar-refractivity contribution < 1.29 is 29.9 Å². The number of nitrogen functional groups attached to an aromatic ring is 2. The van der Waals surface area contributed by atoms with Gasteiger partial charge in [-0.1, -0.05) is 0 Å². The van der Waals surface area contributed by atoms with Gasteiger partial charge >= 0.3 is 0 Å². The largest absolute Gasteiger partial charge is 0.487 e. The number of aliphatic hydroxyl groups is 4. The Hall–Kier alpha value is -1.74. The van der Waals surface area contributed by atoms with Crippen molar-refractivity contribution in [1.29, 1.82) is 0 Å². The highest BCUT2D eigenvalue weighted by Crippen LogP contribution is 2.34. The van der Waals surface area contributed by atoms with Crippen molar-refractivity contribution in [3.63, 3.8) is 0 Å². The first-order valence-electron chi connectivity index (χ1n) is 6.00. The Morgan fingerprint density at radius 1 is 0.850 bits per heavy atom. The van der Waals surface area contributed by atoms with E-state index in [0.29, 0.717) is 0 Å². The molecule has 0 saturated heterocycles. The average molecular weight is 288 g/mol. The Morgan fingerprint density at radius 2 is 1.20 bits per heavy atom. The summed E-state index contributed by atoms with van der Waals surface area (Å²) in [4.78, 5) is 0. The molecule has 114 valence electrons. The van der Waals surface area contributed by atoms with E-state index in [1.165, 1.54) is 12.1 Å². The highest BCUT2D eigenvalue weighted by molar-refractivity contribution is 5.69. The Balaban J connectivity index is 2.81. The van der Waals surface area contributed by atoms with Gasteiger partial charge in [-0.15, -0.1) is 0 Å². The first-order valence-corrected chi connectivity index (χ1v) is 6.00. The van der Waals surface area contributed by atoms with Gasteiger partial charge in [-0.25, -0.2) is 0 Å². The van der Waals surface area contributed by atoms with E-state index >= 15 is 0 Å². The molecule has 0 saturated carbocycles. The zero-order chi connectivity index (χ0) is 15.1. The van der Waals surface area contributed by atoms with Crippen LogP contribution in [0.1, 0.15) is 0 Å². The van der Waals surface area contributed by atoms with E-state index in [1.807, 2.05) is 0 Å². The van der Waals surface area contributed by atoms with Gasteiger partial charge < -0.3 is 41.4 Å². The lowest BCUT2D eigenvalue weighted by atomic mass is 10.2. The Bertz CT molecular complexity index is 390. The van der Waals surface area contributed by atoms with Gasteiger partial charge in [-0.2, -0.15) is 0 Å². The highest BCUT2D eigenvalue weighted by atomic mass is 16.5. The zero-order valence-electron chi connectivity index (χ0n) is 10.9. The fourth-order valence-electron chi connectivity index (χ4n) is 1.29. The van der Waals surface area contributed by atoms with Gasteiger partial charge in [0.1, 0.15) is 25.4 Å². The predicted molar refractivity (Wildman–Crippen MR) is 72.4 cm³/mol. The molecular formula is C12H20N2O6. The van der Waals surface area contributed by atoms with Gasteiger partial charge in [0.2, 0.25) is 0 Å². The van der Waals surface area contributed by atoms with E-state index < -0.39 is 25.4 Å². The normalized spacial score (nSPS) is 13.8. The Morgan fingerprint density at radius 3 is 1.50 bits per heavy atom. The van der Waals surface area contributed by atoms with Crippen LogP contribution in [0.25, 0.3) is 0 Å². The minimum absolute atomic E-state index is 0.154.